The van der Waals surface area contributed by atoms with Gasteiger partial charge in [-0.1, -0.05) is 36.4 Å². The second kappa shape index (κ2) is 9.66. The van der Waals surface area contributed by atoms with Gasteiger partial charge in [0.25, 0.3) is 5.91 Å². The Labute approximate surface area is 219 Å². The minimum atomic E-state index is -0.647. The Morgan fingerprint density at radius 3 is 2.50 bits per heavy atom. The summed E-state index contributed by atoms with van der Waals surface area (Å²) in [5.41, 5.74) is 3.07. The number of rotatable bonds is 6. The van der Waals surface area contributed by atoms with Crippen LogP contribution in [0, 0.1) is 0 Å². The Balaban J connectivity index is 1.13. The fourth-order valence-electron chi connectivity index (χ4n) is 5.25. The molecule has 9 heteroatoms. The molecule has 192 valence electrons. The largest absolute Gasteiger partial charge is 0.457 e. The lowest BCUT2D eigenvalue weighted by molar-refractivity contribution is -0.136. The summed E-state index contributed by atoms with van der Waals surface area (Å²) in [4.78, 5) is 55.1. The summed E-state index contributed by atoms with van der Waals surface area (Å²) in [5, 5.41) is 2.32. The molecular weight excluding hydrogens is 484 g/mol. The lowest BCUT2D eigenvalue weighted by Crippen LogP contribution is -2.52. The maximum absolute atomic E-state index is 13.3. The summed E-state index contributed by atoms with van der Waals surface area (Å²) in [6, 6.07) is 21.8. The van der Waals surface area contributed by atoms with Crippen molar-refractivity contribution in [3.63, 3.8) is 0 Å². The maximum atomic E-state index is 13.3. The predicted octanol–water partition coefficient (Wildman–Crippen LogP) is 3.68. The highest BCUT2D eigenvalue weighted by atomic mass is 16.5. The van der Waals surface area contributed by atoms with Crippen molar-refractivity contribution in [2.45, 2.75) is 32.0 Å². The lowest BCUT2D eigenvalue weighted by atomic mass is 10.0. The third kappa shape index (κ3) is 4.47. The summed E-state index contributed by atoms with van der Waals surface area (Å²) < 4.78 is 5.93. The van der Waals surface area contributed by atoms with Crippen molar-refractivity contribution in [2.75, 3.05) is 18.0 Å². The topological polar surface area (TPSA) is 99.3 Å². The highest BCUT2D eigenvalue weighted by Crippen LogP contribution is 2.31. The molecule has 1 atom stereocenters. The molecule has 38 heavy (non-hydrogen) atoms. The van der Waals surface area contributed by atoms with E-state index in [1.807, 2.05) is 66.7 Å². The molecule has 2 fully saturated rings. The van der Waals surface area contributed by atoms with Crippen LogP contribution in [-0.2, 0) is 22.7 Å². The summed E-state index contributed by atoms with van der Waals surface area (Å²) in [7, 11) is 0. The SMILES string of the molecule is O=C1CCC(N2Cc3cc(CN4CCN(c5cccc(Oc6ccccc6)c5)C4=O)ccc3C2=O)C(=O)N1. The molecule has 5 amide bonds. The van der Waals surface area contributed by atoms with E-state index in [0.717, 1.165) is 22.6 Å². The average molecular weight is 511 g/mol. The number of carbonyl (C=O) groups excluding carboxylic acids is 4. The van der Waals surface area contributed by atoms with E-state index in [2.05, 4.69) is 5.32 Å². The number of carbonyl (C=O) groups is 4. The average Bonchev–Trinajstić information content (AvgIpc) is 3.44. The number of amides is 5. The molecule has 0 spiro atoms. The first-order valence-corrected chi connectivity index (χ1v) is 12.6. The first-order chi connectivity index (χ1) is 18.5. The Kier molecular flexibility index (Phi) is 6.03. The van der Waals surface area contributed by atoms with Crippen molar-refractivity contribution in [1.82, 2.24) is 15.1 Å². The van der Waals surface area contributed by atoms with Gasteiger partial charge >= 0.3 is 6.03 Å². The van der Waals surface area contributed by atoms with Crippen LogP contribution in [-0.4, -0.2) is 52.7 Å². The van der Waals surface area contributed by atoms with E-state index < -0.39 is 11.9 Å². The van der Waals surface area contributed by atoms with Crippen LogP contribution in [0.25, 0.3) is 0 Å². The van der Waals surface area contributed by atoms with Crippen LogP contribution in [0.4, 0.5) is 10.5 Å². The van der Waals surface area contributed by atoms with E-state index in [0.29, 0.717) is 43.9 Å². The number of ether oxygens (including phenoxy) is 1. The van der Waals surface area contributed by atoms with E-state index in [1.54, 1.807) is 15.9 Å². The Bertz CT molecular complexity index is 1440. The van der Waals surface area contributed by atoms with Crippen molar-refractivity contribution in [3.8, 4) is 11.5 Å². The summed E-state index contributed by atoms with van der Waals surface area (Å²) in [6.45, 7) is 1.85. The van der Waals surface area contributed by atoms with Gasteiger partial charge in [-0.2, -0.15) is 0 Å². The zero-order chi connectivity index (χ0) is 26.2. The molecule has 3 aliphatic rings. The Morgan fingerprint density at radius 1 is 0.868 bits per heavy atom. The van der Waals surface area contributed by atoms with Gasteiger partial charge in [0.15, 0.2) is 0 Å². The van der Waals surface area contributed by atoms with Gasteiger partial charge in [0.1, 0.15) is 17.5 Å². The molecule has 0 aromatic heterocycles. The summed E-state index contributed by atoms with van der Waals surface area (Å²) in [6.07, 6.45) is 0.545. The van der Waals surface area contributed by atoms with E-state index in [1.165, 1.54) is 4.90 Å². The van der Waals surface area contributed by atoms with Gasteiger partial charge in [-0.15, -0.1) is 0 Å². The monoisotopic (exact) mass is 510 g/mol. The number of imide groups is 1. The second-order valence-corrected chi connectivity index (χ2v) is 9.66. The van der Waals surface area contributed by atoms with Gasteiger partial charge in [0.05, 0.1) is 0 Å². The number of urea groups is 1. The minimum absolute atomic E-state index is 0.0939. The number of nitrogens with zero attached hydrogens (tertiary/aromatic N) is 3. The van der Waals surface area contributed by atoms with Gasteiger partial charge in [-0.3, -0.25) is 24.6 Å². The quantitative estimate of drug-likeness (QED) is 0.510. The molecule has 6 rings (SSSR count). The molecule has 3 aromatic carbocycles. The first kappa shape index (κ1) is 23.7. The van der Waals surface area contributed by atoms with Crippen molar-refractivity contribution >= 4 is 29.4 Å². The predicted molar refractivity (Wildman–Crippen MR) is 139 cm³/mol. The van der Waals surface area contributed by atoms with E-state index in [9.17, 15) is 19.2 Å². The smallest absolute Gasteiger partial charge is 0.324 e. The number of hydrogen-bond donors (Lipinski definition) is 1. The lowest BCUT2D eigenvalue weighted by Gasteiger charge is -2.29. The molecule has 9 nitrogen and oxygen atoms in total. The van der Waals surface area contributed by atoms with Crippen LogP contribution >= 0.6 is 0 Å². The number of anilines is 1. The van der Waals surface area contributed by atoms with Crippen LogP contribution in [0.3, 0.4) is 0 Å². The zero-order valence-corrected chi connectivity index (χ0v) is 20.6. The van der Waals surface area contributed by atoms with Crippen molar-refractivity contribution in [1.29, 1.82) is 0 Å². The minimum Gasteiger partial charge on any atom is -0.457 e. The van der Waals surface area contributed by atoms with Gasteiger partial charge < -0.3 is 14.5 Å². The summed E-state index contributed by atoms with van der Waals surface area (Å²) >= 11 is 0. The molecule has 0 saturated carbocycles. The van der Waals surface area contributed by atoms with E-state index >= 15 is 0 Å². The fourth-order valence-corrected chi connectivity index (χ4v) is 5.25. The highest BCUT2D eigenvalue weighted by molar-refractivity contribution is 6.05. The standard InChI is InChI=1S/C29H26N4O5/c34-26-12-11-25(27(35)30-26)33-18-20-15-19(9-10-24(20)28(33)36)17-31-13-14-32(29(31)37)21-5-4-8-23(16-21)38-22-6-2-1-3-7-22/h1-10,15-16,25H,11-14,17-18H2,(H,30,34,35). The molecule has 3 heterocycles. The molecule has 3 aliphatic heterocycles. The highest BCUT2D eigenvalue weighted by Gasteiger charge is 2.39. The van der Waals surface area contributed by atoms with Crippen molar-refractivity contribution in [2.24, 2.45) is 0 Å². The fraction of sp³-hybridized carbons (Fsp3) is 0.241. The van der Waals surface area contributed by atoms with Crippen molar-refractivity contribution in [3.05, 3.63) is 89.5 Å². The van der Waals surface area contributed by atoms with Crippen LogP contribution in [0.15, 0.2) is 72.8 Å². The number of piperidine rings is 1. The van der Waals surface area contributed by atoms with Gasteiger partial charge in [0, 0.05) is 49.9 Å². The molecule has 1 N–H and O–H groups in total. The summed E-state index contributed by atoms with van der Waals surface area (Å²) in [5.74, 6) is 0.442. The van der Waals surface area contributed by atoms with Crippen LogP contribution < -0.4 is 15.0 Å². The molecule has 0 radical (unpaired) electrons. The van der Waals surface area contributed by atoms with Crippen LogP contribution in [0.2, 0.25) is 0 Å². The maximum Gasteiger partial charge on any atom is 0.324 e. The third-order valence-electron chi connectivity index (χ3n) is 7.16. The van der Waals surface area contributed by atoms with E-state index in [4.69, 9.17) is 4.74 Å². The molecule has 2 saturated heterocycles. The van der Waals surface area contributed by atoms with E-state index in [-0.39, 0.29) is 24.3 Å². The third-order valence-corrected chi connectivity index (χ3v) is 7.16. The molecule has 1 unspecified atom stereocenters. The number of para-hydroxylation sites is 1. The molecule has 0 aliphatic carbocycles. The van der Waals surface area contributed by atoms with Gasteiger partial charge in [-0.05, 0) is 47.9 Å². The van der Waals surface area contributed by atoms with Crippen LogP contribution in [0.5, 0.6) is 11.5 Å². The van der Waals surface area contributed by atoms with Crippen molar-refractivity contribution < 1.29 is 23.9 Å². The second-order valence-electron chi connectivity index (χ2n) is 9.66. The number of benzene rings is 3. The van der Waals surface area contributed by atoms with Gasteiger partial charge in [-0.25, -0.2) is 4.79 Å². The Hall–Kier alpha value is -4.66. The Morgan fingerprint density at radius 2 is 1.68 bits per heavy atom. The number of hydrogen-bond acceptors (Lipinski definition) is 5. The molecule has 3 aromatic rings. The first-order valence-electron chi connectivity index (χ1n) is 12.6. The number of nitrogens with one attached hydrogen (secondary N) is 1. The number of fused-ring (bicyclic) bond motifs is 1. The van der Waals surface area contributed by atoms with Gasteiger partial charge in [0.2, 0.25) is 11.8 Å². The normalized spacial score (nSPS) is 19.2. The van der Waals surface area contributed by atoms with Crippen LogP contribution in [0.1, 0.15) is 34.3 Å². The molecular formula is C29H26N4O5. The molecule has 0 bridgehead atoms. The zero-order valence-electron chi connectivity index (χ0n) is 20.6.